The van der Waals surface area contributed by atoms with Gasteiger partial charge >= 0.3 is 0 Å². The maximum Gasteiger partial charge on any atom is 0.274 e. The Bertz CT molecular complexity index is 581. The van der Waals surface area contributed by atoms with Gasteiger partial charge in [-0.25, -0.2) is 4.98 Å². The standard InChI is InChI=1S/C17H23N3O2/c1-11-6-7-20(9-11)17(21)14-8-18-15(13-4-5-13)16(19-14)22-10-12-2-3-12/h8,11-13H,2-7,9-10H2,1H3. The lowest BCUT2D eigenvalue weighted by atomic mass is 10.2. The van der Waals surface area contributed by atoms with Crippen LogP contribution < -0.4 is 4.74 Å². The van der Waals surface area contributed by atoms with Gasteiger partial charge in [0.05, 0.1) is 12.8 Å². The predicted molar refractivity (Wildman–Crippen MR) is 81.9 cm³/mol. The molecule has 1 saturated heterocycles. The average Bonchev–Trinajstić information content (AvgIpc) is 3.43. The van der Waals surface area contributed by atoms with Gasteiger partial charge in [0.25, 0.3) is 5.91 Å². The van der Waals surface area contributed by atoms with Gasteiger partial charge in [0.15, 0.2) is 5.69 Å². The highest BCUT2D eigenvalue weighted by Gasteiger charge is 2.32. The third-order valence-electron chi connectivity index (χ3n) is 4.81. The maximum absolute atomic E-state index is 12.6. The van der Waals surface area contributed by atoms with Gasteiger partial charge in [0, 0.05) is 19.0 Å². The summed E-state index contributed by atoms with van der Waals surface area (Å²) in [6.07, 6.45) is 7.52. The van der Waals surface area contributed by atoms with Crippen LogP contribution >= 0.6 is 0 Å². The summed E-state index contributed by atoms with van der Waals surface area (Å²) in [7, 11) is 0. The largest absolute Gasteiger partial charge is 0.476 e. The molecule has 0 aromatic carbocycles. The first kappa shape index (κ1) is 14.0. The third kappa shape index (κ3) is 2.94. The number of carbonyl (C=O) groups is 1. The highest BCUT2D eigenvalue weighted by Crippen LogP contribution is 2.43. The normalized spacial score (nSPS) is 24.6. The van der Waals surface area contributed by atoms with E-state index in [1.54, 1.807) is 6.20 Å². The number of amides is 1. The van der Waals surface area contributed by atoms with Gasteiger partial charge in [-0.15, -0.1) is 0 Å². The van der Waals surface area contributed by atoms with Crippen molar-refractivity contribution >= 4 is 5.91 Å². The van der Waals surface area contributed by atoms with Crippen LogP contribution in [0.2, 0.25) is 0 Å². The summed E-state index contributed by atoms with van der Waals surface area (Å²) in [5.74, 6) is 2.33. The molecule has 3 fully saturated rings. The summed E-state index contributed by atoms with van der Waals surface area (Å²) in [5.41, 5.74) is 1.39. The van der Waals surface area contributed by atoms with E-state index in [2.05, 4.69) is 16.9 Å². The molecule has 1 aliphatic heterocycles. The molecule has 2 heterocycles. The molecule has 2 aliphatic carbocycles. The van der Waals surface area contributed by atoms with Crippen molar-refractivity contribution in [3.8, 4) is 5.88 Å². The highest BCUT2D eigenvalue weighted by molar-refractivity contribution is 5.92. The fourth-order valence-electron chi connectivity index (χ4n) is 2.99. The van der Waals surface area contributed by atoms with Crippen molar-refractivity contribution in [3.05, 3.63) is 17.6 Å². The Morgan fingerprint density at radius 3 is 2.77 bits per heavy atom. The van der Waals surface area contributed by atoms with Crippen LogP contribution in [0.15, 0.2) is 6.20 Å². The Labute approximate surface area is 131 Å². The molecule has 2 saturated carbocycles. The first-order valence-corrected chi connectivity index (χ1v) is 8.49. The quantitative estimate of drug-likeness (QED) is 0.839. The van der Waals surface area contributed by atoms with E-state index >= 15 is 0 Å². The van der Waals surface area contributed by atoms with Gasteiger partial charge in [0.1, 0.15) is 5.69 Å². The highest BCUT2D eigenvalue weighted by atomic mass is 16.5. The van der Waals surface area contributed by atoms with E-state index in [0.29, 0.717) is 35.9 Å². The Hall–Kier alpha value is -1.65. The zero-order valence-electron chi connectivity index (χ0n) is 13.1. The lowest BCUT2D eigenvalue weighted by molar-refractivity contribution is 0.0780. The fraction of sp³-hybridized carbons (Fsp3) is 0.706. The second-order valence-corrected chi connectivity index (χ2v) is 7.12. The van der Waals surface area contributed by atoms with E-state index in [9.17, 15) is 4.79 Å². The van der Waals surface area contributed by atoms with E-state index in [0.717, 1.165) is 38.0 Å². The Kier molecular flexibility index (Phi) is 3.51. The summed E-state index contributed by atoms with van der Waals surface area (Å²) in [5, 5.41) is 0. The Morgan fingerprint density at radius 1 is 1.32 bits per heavy atom. The van der Waals surface area contributed by atoms with Gasteiger partial charge in [-0.2, -0.15) is 0 Å². The molecule has 4 rings (SSSR count). The molecule has 0 spiro atoms. The Balaban J connectivity index is 1.53. The van der Waals surface area contributed by atoms with Gasteiger partial charge in [-0.3, -0.25) is 9.78 Å². The Morgan fingerprint density at radius 2 is 2.14 bits per heavy atom. The maximum atomic E-state index is 12.6. The van der Waals surface area contributed by atoms with Gasteiger partial charge < -0.3 is 9.64 Å². The number of hydrogen-bond acceptors (Lipinski definition) is 4. The van der Waals surface area contributed by atoms with Crippen LogP contribution in [0.1, 0.15) is 61.1 Å². The van der Waals surface area contributed by atoms with Gasteiger partial charge in [0.2, 0.25) is 5.88 Å². The van der Waals surface area contributed by atoms with Crippen molar-refractivity contribution in [3.63, 3.8) is 0 Å². The summed E-state index contributed by atoms with van der Waals surface area (Å²) in [4.78, 5) is 23.5. The van der Waals surface area contributed by atoms with Crippen LogP contribution in [-0.2, 0) is 0 Å². The third-order valence-corrected chi connectivity index (χ3v) is 4.81. The minimum absolute atomic E-state index is 0.00420. The first-order valence-electron chi connectivity index (χ1n) is 8.49. The van der Waals surface area contributed by atoms with E-state index in [1.807, 2.05) is 4.90 Å². The molecule has 5 nitrogen and oxygen atoms in total. The number of nitrogens with zero attached hydrogens (tertiary/aromatic N) is 3. The topological polar surface area (TPSA) is 55.3 Å². The van der Waals surface area contributed by atoms with Crippen molar-refractivity contribution in [2.45, 2.75) is 44.9 Å². The minimum Gasteiger partial charge on any atom is -0.476 e. The SMILES string of the molecule is CC1CCN(C(=O)c2cnc(C3CC3)c(OCC3CC3)n2)C1. The number of ether oxygens (including phenoxy) is 1. The van der Waals surface area contributed by atoms with Gasteiger partial charge in [-0.1, -0.05) is 6.92 Å². The average molecular weight is 301 g/mol. The monoisotopic (exact) mass is 301 g/mol. The van der Waals surface area contributed by atoms with Crippen LogP contribution in [0.5, 0.6) is 5.88 Å². The van der Waals surface area contributed by atoms with Crippen LogP contribution in [-0.4, -0.2) is 40.5 Å². The predicted octanol–water partition coefficient (Wildman–Crippen LogP) is 2.62. The zero-order valence-corrected chi connectivity index (χ0v) is 13.1. The summed E-state index contributed by atoms with van der Waals surface area (Å²) >= 11 is 0. The van der Waals surface area contributed by atoms with Crippen molar-refractivity contribution in [2.75, 3.05) is 19.7 Å². The van der Waals surface area contributed by atoms with Crippen LogP contribution in [0, 0.1) is 11.8 Å². The molecule has 1 unspecified atom stereocenters. The molecule has 1 aromatic rings. The first-order chi connectivity index (χ1) is 10.7. The van der Waals surface area contributed by atoms with E-state index in [-0.39, 0.29) is 5.91 Å². The molecular weight excluding hydrogens is 278 g/mol. The number of likely N-dealkylation sites (tertiary alicyclic amines) is 1. The molecule has 3 aliphatic rings. The van der Waals surface area contributed by atoms with Gasteiger partial charge in [-0.05, 0) is 43.9 Å². The lowest BCUT2D eigenvalue weighted by Crippen LogP contribution is -2.29. The second-order valence-electron chi connectivity index (χ2n) is 7.12. The van der Waals surface area contributed by atoms with Crippen molar-refractivity contribution in [1.29, 1.82) is 0 Å². The molecule has 1 amide bonds. The summed E-state index contributed by atoms with van der Waals surface area (Å²) < 4.78 is 5.89. The molecule has 118 valence electrons. The second kappa shape index (κ2) is 5.52. The summed E-state index contributed by atoms with van der Waals surface area (Å²) in [6.45, 7) is 4.54. The molecule has 0 N–H and O–H groups in total. The van der Waals surface area contributed by atoms with E-state index in [4.69, 9.17) is 4.74 Å². The summed E-state index contributed by atoms with van der Waals surface area (Å²) in [6, 6.07) is 0. The van der Waals surface area contributed by atoms with Crippen molar-refractivity contribution in [2.24, 2.45) is 11.8 Å². The smallest absolute Gasteiger partial charge is 0.274 e. The van der Waals surface area contributed by atoms with E-state index in [1.165, 1.54) is 12.8 Å². The lowest BCUT2D eigenvalue weighted by Gasteiger charge is -2.16. The van der Waals surface area contributed by atoms with Crippen molar-refractivity contribution < 1.29 is 9.53 Å². The number of hydrogen-bond donors (Lipinski definition) is 0. The molecule has 5 heteroatoms. The number of carbonyl (C=O) groups excluding carboxylic acids is 1. The zero-order chi connectivity index (χ0) is 15.1. The van der Waals surface area contributed by atoms with Crippen LogP contribution in [0.4, 0.5) is 0 Å². The number of aromatic nitrogens is 2. The molecule has 0 radical (unpaired) electrons. The molecule has 0 bridgehead atoms. The minimum atomic E-state index is -0.00420. The fourth-order valence-corrected chi connectivity index (χ4v) is 2.99. The molecule has 1 aromatic heterocycles. The van der Waals surface area contributed by atoms with Crippen LogP contribution in [0.25, 0.3) is 0 Å². The molecular formula is C17H23N3O2. The molecule has 1 atom stereocenters. The van der Waals surface area contributed by atoms with Crippen LogP contribution in [0.3, 0.4) is 0 Å². The van der Waals surface area contributed by atoms with Crippen molar-refractivity contribution in [1.82, 2.24) is 14.9 Å². The number of rotatable bonds is 5. The molecule has 22 heavy (non-hydrogen) atoms. The van der Waals surface area contributed by atoms with E-state index < -0.39 is 0 Å².